The second-order valence-electron chi connectivity index (χ2n) is 29.9. The molecular weight excluding hydrogens is 1280 g/mol. The Bertz CT molecular complexity index is 1900. The van der Waals surface area contributed by atoms with Gasteiger partial charge in [-0.25, -0.2) is 9.13 Å². The van der Waals surface area contributed by atoms with Crippen LogP contribution in [-0.2, 0) is 65.4 Å². The average Bonchev–Trinajstić information content (AvgIpc) is 1.02. The molecule has 0 aliphatic heterocycles. The van der Waals surface area contributed by atoms with Crippen LogP contribution in [0.5, 0.6) is 0 Å². The van der Waals surface area contributed by atoms with E-state index in [9.17, 15) is 43.2 Å². The molecule has 19 heteroatoms. The molecule has 0 aromatic rings. The number of aliphatic hydroxyl groups is 1. The first-order valence-corrected chi connectivity index (χ1v) is 43.8. The lowest BCUT2D eigenvalue weighted by atomic mass is 10.0. The fraction of sp³-hybridized carbons (Fsp3) is 0.949. The lowest BCUT2D eigenvalue weighted by Crippen LogP contribution is -2.30. The number of carbonyl (C=O) groups is 4. The molecule has 0 heterocycles. The first-order chi connectivity index (χ1) is 47.2. The predicted octanol–water partition coefficient (Wildman–Crippen LogP) is 23.4. The molecule has 5 atom stereocenters. The Morgan fingerprint density at radius 3 is 0.694 bits per heavy atom. The SMILES string of the molecule is CCCCCCCCCCC(=O)OC[C@H](COP(=O)(O)OC[C@H](O)COP(=O)(O)OC[C@@H](COC(=O)CCCCCCCCCCCCCCCCC(C)C)OC(=O)CCCCCCCCCCCCCCCCCCCCC(C)C)OC(=O)CCCCCCCCCCCC(C)C. The van der Waals surface area contributed by atoms with Crippen LogP contribution in [0, 0.1) is 17.8 Å². The Kier molecular flexibility index (Phi) is 68.1. The largest absolute Gasteiger partial charge is 0.472 e. The summed E-state index contributed by atoms with van der Waals surface area (Å²) in [6.45, 7) is 11.9. The van der Waals surface area contributed by atoms with Crippen LogP contribution in [0.15, 0.2) is 0 Å². The van der Waals surface area contributed by atoms with Crippen LogP contribution in [0.25, 0.3) is 0 Å². The highest BCUT2D eigenvalue weighted by atomic mass is 31.2. The molecule has 0 saturated carbocycles. The molecule has 0 aliphatic carbocycles. The number of carbonyl (C=O) groups excluding carboxylic acids is 4. The highest BCUT2D eigenvalue weighted by Crippen LogP contribution is 2.45. The van der Waals surface area contributed by atoms with Crippen LogP contribution in [0.1, 0.15) is 408 Å². The number of rotatable bonds is 77. The van der Waals surface area contributed by atoms with Gasteiger partial charge >= 0.3 is 39.5 Å². The van der Waals surface area contributed by atoms with Crippen molar-refractivity contribution >= 4 is 39.5 Å². The van der Waals surface area contributed by atoms with E-state index in [0.717, 1.165) is 114 Å². The smallest absolute Gasteiger partial charge is 0.462 e. The van der Waals surface area contributed by atoms with Gasteiger partial charge in [-0.3, -0.25) is 37.3 Å². The first-order valence-electron chi connectivity index (χ1n) is 40.8. The lowest BCUT2D eigenvalue weighted by molar-refractivity contribution is -0.161. The molecular formula is C79H154O17P2. The van der Waals surface area contributed by atoms with Crippen molar-refractivity contribution in [3.63, 3.8) is 0 Å². The minimum atomic E-state index is -4.96. The van der Waals surface area contributed by atoms with Gasteiger partial charge in [0.25, 0.3) is 0 Å². The van der Waals surface area contributed by atoms with Crippen molar-refractivity contribution in [2.75, 3.05) is 39.6 Å². The second kappa shape index (κ2) is 69.4. The van der Waals surface area contributed by atoms with Crippen molar-refractivity contribution in [1.82, 2.24) is 0 Å². The van der Waals surface area contributed by atoms with Gasteiger partial charge in [0.05, 0.1) is 26.4 Å². The normalized spacial score (nSPS) is 14.0. The second-order valence-corrected chi connectivity index (χ2v) is 32.8. The zero-order valence-corrected chi connectivity index (χ0v) is 66.0. The molecule has 0 rings (SSSR count). The number of ether oxygens (including phenoxy) is 4. The minimum absolute atomic E-state index is 0.105. The summed E-state index contributed by atoms with van der Waals surface area (Å²) in [6.07, 6.45) is 57.1. The molecule has 2 unspecified atom stereocenters. The molecule has 0 radical (unpaired) electrons. The topological polar surface area (TPSA) is 237 Å². The molecule has 0 aromatic heterocycles. The number of esters is 4. The van der Waals surface area contributed by atoms with Crippen molar-refractivity contribution in [3.05, 3.63) is 0 Å². The lowest BCUT2D eigenvalue weighted by Gasteiger charge is -2.21. The monoisotopic (exact) mass is 1440 g/mol. The quantitative estimate of drug-likeness (QED) is 0.0222. The van der Waals surface area contributed by atoms with Crippen LogP contribution in [0.4, 0.5) is 0 Å². The number of phosphoric acid groups is 2. The summed E-state index contributed by atoms with van der Waals surface area (Å²) in [5.41, 5.74) is 0. The molecule has 17 nitrogen and oxygen atoms in total. The van der Waals surface area contributed by atoms with Crippen LogP contribution in [0.2, 0.25) is 0 Å². The summed E-state index contributed by atoms with van der Waals surface area (Å²) in [5, 5.41) is 10.6. The summed E-state index contributed by atoms with van der Waals surface area (Å²) >= 11 is 0. The van der Waals surface area contributed by atoms with Crippen molar-refractivity contribution in [3.8, 4) is 0 Å². The Hall–Kier alpha value is -1.94. The van der Waals surface area contributed by atoms with Crippen LogP contribution in [-0.4, -0.2) is 96.7 Å². The molecule has 3 N–H and O–H groups in total. The van der Waals surface area contributed by atoms with Gasteiger partial charge in [-0.2, -0.15) is 0 Å². The molecule has 0 amide bonds. The Morgan fingerprint density at radius 2 is 0.469 bits per heavy atom. The zero-order chi connectivity index (χ0) is 72.3. The molecule has 0 aromatic carbocycles. The van der Waals surface area contributed by atoms with Gasteiger partial charge in [0.1, 0.15) is 19.3 Å². The fourth-order valence-electron chi connectivity index (χ4n) is 12.1. The molecule has 98 heavy (non-hydrogen) atoms. The van der Waals surface area contributed by atoms with Gasteiger partial charge in [0.15, 0.2) is 12.2 Å². The average molecular weight is 1440 g/mol. The van der Waals surface area contributed by atoms with Gasteiger partial charge in [0.2, 0.25) is 0 Å². The van der Waals surface area contributed by atoms with Crippen molar-refractivity contribution < 1.29 is 80.2 Å². The number of hydrogen-bond donors (Lipinski definition) is 3. The zero-order valence-electron chi connectivity index (χ0n) is 64.3. The van der Waals surface area contributed by atoms with Gasteiger partial charge in [-0.1, -0.05) is 357 Å². The predicted molar refractivity (Wildman–Crippen MR) is 400 cm³/mol. The molecule has 582 valence electrons. The Morgan fingerprint density at radius 1 is 0.276 bits per heavy atom. The summed E-state index contributed by atoms with van der Waals surface area (Å²) in [6, 6.07) is 0. The van der Waals surface area contributed by atoms with E-state index < -0.39 is 97.5 Å². The Labute approximate surface area is 600 Å². The number of hydrogen-bond acceptors (Lipinski definition) is 15. The number of unbranched alkanes of at least 4 members (excludes halogenated alkanes) is 45. The van der Waals surface area contributed by atoms with Crippen molar-refractivity contribution in [2.45, 2.75) is 426 Å². The van der Waals surface area contributed by atoms with E-state index in [1.54, 1.807) is 0 Å². The van der Waals surface area contributed by atoms with E-state index >= 15 is 0 Å². The molecule has 0 saturated heterocycles. The first kappa shape index (κ1) is 96.1. The highest BCUT2D eigenvalue weighted by Gasteiger charge is 2.30. The van der Waals surface area contributed by atoms with E-state index in [1.165, 1.54) is 212 Å². The minimum Gasteiger partial charge on any atom is -0.462 e. The van der Waals surface area contributed by atoms with E-state index in [0.29, 0.717) is 25.7 Å². The van der Waals surface area contributed by atoms with E-state index in [1.807, 2.05) is 0 Å². The molecule has 0 aliphatic rings. The van der Waals surface area contributed by atoms with Gasteiger partial charge in [-0.15, -0.1) is 0 Å². The van der Waals surface area contributed by atoms with Gasteiger partial charge in [-0.05, 0) is 43.4 Å². The van der Waals surface area contributed by atoms with E-state index in [2.05, 4.69) is 48.5 Å². The third-order valence-corrected chi connectivity index (χ3v) is 20.3. The molecule has 0 spiro atoms. The van der Waals surface area contributed by atoms with Gasteiger partial charge in [0, 0.05) is 25.7 Å². The fourth-order valence-corrected chi connectivity index (χ4v) is 13.7. The summed E-state index contributed by atoms with van der Waals surface area (Å²) in [7, 11) is -9.91. The van der Waals surface area contributed by atoms with Crippen molar-refractivity contribution in [1.29, 1.82) is 0 Å². The van der Waals surface area contributed by atoms with Crippen LogP contribution in [0.3, 0.4) is 0 Å². The standard InChI is InChI=1S/C79H154O17P2/c1-8-9-10-11-12-39-46-53-60-76(81)89-66-74(96-79(84)63-56-49-42-35-29-32-38-45-52-59-72(6)7)68-93-97(85,86)91-64-73(80)65-92-98(87,88)94-69-75(67-90-77(82)61-54-47-40-33-27-23-20-19-22-26-31-37-44-51-58-71(4)5)95-78(83)62-55-48-41-34-28-24-18-16-14-13-15-17-21-25-30-36-43-50-57-70(2)3/h70-75,80H,8-69H2,1-7H3,(H,85,86)(H,87,88)/t73-,74+,75+/m0/s1. The Balaban J connectivity index is 5.19. The maximum atomic E-state index is 13.1. The number of phosphoric ester groups is 2. The summed E-state index contributed by atoms with van der Waals surface area (Å²) in [4.78, 5) is 72.8. The number of aliphatic hydroxyl groups excluding tert-OH is 1. The maximum Gasteiger partial charge on any atom is 0.472 e. The highest BCUT2D eigenvalue weighted by molar-refractivity contribution is 7.47. The maximum absolute atomic E-state index is 13.1. The summed E-state index contributed by atoms with van der Waals surface area (Å²) < 4.78 is 68.5. The molecule has 0 fully saturated rings. The van der Waals surface area contributed by atoms with E-state index in [-0.39, 0.29) is 25.7 Å². The van der Waals surface area contributed by atoms with Crippen LogP contribution < -0.4 is 0 Å². The van der Waals surface area contributed by atoms with Crippen molar-refractivity contribution in [2.24, 2.45) is 17.8 Å². The summed E-state index contributed by atoms with van der Waals surface area (Å²) in [5.74, 6) is 0.239. The third kappa shape index (κ3) is 72.4. The van der Waals surface area contributed by atoms with Crippen LogP contribution >= 0.6 is 15.6 Å². The molecule has 0 bridgehead atoms. The third-order valence-electron chi connectivity index (χ3n) is 18.4. The van der Waals surface area contributed by atoms with E-state index in [4.69, 9.17) is 37.0 Å². The van der Waals surface area contributed by atoms with Gasteiger partial charge < -0.3 is 33.8 Å².